The molecule has 11 heteroatoms. The number of carboxylic acids is 1. The third kappa shape index (κ3) is 11.4. The summed E-state index contributed by atoms with van der Waals surface area (Å²) in [4.78, 5) is 49.5. The van der Waals surface area contributed by atoms with E-state index >= 15 is 0 Å². The maximum Gasteiger partial charge on any atom is 0.326 e. The fourth-order valence-electron chi connectivity index (χ4n) is 3.03. The van der Waals surface area contributed by atoms with Gasteiger partial charge in [0, 0.05) is 0 Å². The molecule has 0 saturated heterocycles. The van der Waals surface area contributed by atoms with E-state index in [2.05, 4.69) is 16.0 Å². The van der Waals surface area contributed by atoms with Crippen LogP contribution in [-0.4, -0.2) is 66.1 Å². The van der Waals surface area contributed by atoms with E-state index in [1.807, 2.05) is 6.92 Å². The molecule has 10 N–H and O–H groups in total. The molecule has 5 atom stereocenters. The molecule has 0 aliphatic rings. The molecule has 0 heterocycles. The van der Waals surface area contributed by atoms with Crippen molar-refractivity contribution in [2.75, 3.05) is 13.1 Å². The first kappa shape index (κ1) is 29.8. The highest BCUT2D eigenvalue weighted by Crippen LogP contribution is 2.11. The highest BCUT2D eigenvalue weighted by molar-refractivity contribution is 5.94. The zero-order valence-electron chi connectivity index (χ0n) is 19.6. The number of nitrogens with two attached hydrogens (primary N) is 3. The summed E-state index contributed by atoms with van der Waals surface area (Å²) in [7, 11) is 0. The van der Waals surface area contributed by atoms with Crippen molar-refractivity contribution >= 4 is 23.7 Å². The second kappa shape index (κ2) is 16.4. The molecular weight excluding hydrogens is 416 g/mol. The normalized spacial score (nSPS) is 15.7. The van der Waals surface area contributed by atoms with Crippen LogP contribution in [0.1, 0.15) is 65.7 Å². The number of carboxylic acid groups (broad SMARTS) is 1. The van der Waals surface area contributed by atoms with Crippen LogP contribution in [0.2, 0.25) is 0 Å². The number of rotatable bonds is 17. The Balaban J connectivity index is 5.39. The van der Waals surface area contributed by atoms with Gasteiger partial charge in [0.25, 0.3) is 0 Å². The molecule has 0 aliphatic carbocycles. The summed E-state index contributed by atoms with van der Waals surface area (Å²) in [5.41, 5.74) is 16.6. The smallest absolute Gasteiger partial charge is 0.326 e. The molecule has 0 spiro atoms. The van der Waals surface area contributed by atoms with Crippen LogP contribution in [0.3, 0.4) is 0 Å². The van der Waals surface area contributed by atoms with E-state index in [1.54, 1.807) is 6.92 Å². The van der Waals surface area contributed by atoms with Gasteiger partial charge in [-0.1, -0.05) is 20.3 Å². The van der Waals surface area contributed by atoms with Gasteiger partial charge in [0.2, 0.25) is 17.7 Å². The van der Waals surface area contributed by atoms with Gasteiger partial charge in [0.05, 0.1) is 6.04 Å². The zero-order valence-corrected chi connectivity index (χ0v) is 19.6. The molecule has 186 valence electrons. The van der Waals surface area contributed by atoms with Crippen LogP contribution in [0.15, 0.2) is 0 Å². The van der Waals surface area contributed by atoms with Crippen molar-refractivity contribution in [3.8, 4) is 0 Å². The number of hydrogen-bond donors (Lipinski definition) is 7. The summed E-state index contributed by atoms with van der Waals surface area (Å²) in [5.74, 6) is -2.98. The number of nitrogens with one attached hydrogen (secondary N) is 3. The molecule has 0 radical (unpaired) electrons. The van der Waals surface area contributed by atoms with Crippen molar-refractivity contribution in [1.82, 2.24) is 16.0 Å². The summed E-state index contributed by atoms with van der Waals surface area (Å²) in [6, 6.07) is -3.69. The third-order valence-electron chi connectivity index (χ3n) is 5.35. The van der Waals surface area contributed by atoms with Crippen LogP contribution >= 0.6 is 0 Å². The highest BCUT2D eigenvalue weighted by atomic mass is 16.4. The Kier molecular flexibility index (Phi) is 15.3. The van der Waals surface area contributed by atoms with Crippen molar-refractivity contribution in [1.29, 1.82) is 0 Å². The van der Waals surface area contributed by atoms with Crippen LogP contribution in [0.4, 0.5) is 0 Å². The lowest BCUT2D eigenvalue weighted by molar-refractivity contribution is -0.143. The topological polar surface area (TPSA) is 203 Å². The standard InChI is InChI=1S/C21H42N6O5/c1-4-13(2)17(20(30)26-16(21(31)32)10-6-8-12-23)27-19(29)15(9-5-7-11-22)25-18(28)14(3)24/h13-17H,4-12,22-24H2,1-3H3,(H,25,28)(H,26,30)(H,27,29)(H,31,32)/t13-,14-,15-,16-,17-/m0/s1. The average molecular weight is 459 g/mol. The molecule has 0 aliphatic heterocycles. The molecule has 0 unspecified atom stereocenters. The maximum absolute atomic E-state index is 13.0. The Labute approximate surface area is 190 Å². The fourth-order valence-corrected chi connectivity index (χ4v) is 3.03. The summed E-state index contributed by atoms with van der Waals surface area (Å²) >= 11 is 0. The second-order valence-electron chi connectivity index (χ2n) is 8.19. The Bertz CT molecular complexity index is 601. The number of amides is 3. The van der Waals surface area contributed by atoms with E-state index in [4.69, 9.17) is 17.2 Å². The van der Waals surface area contributed by atoms with E-state index in [9.17, 15) is 24.3 Å². The van der Waals surface area contributed by atoms with Crippen LogP contribution in [0, 0.1) is 5.92 Å². The minimum absolute atomic E-state index is 0.242. The zero-order chi connectivity index (χ0) is 24.7. The number of aliphatic carboxylic acids is 1. The van der Waals surface area contributed by atoms with Crippen LogP contribution < -0.4 is 33.2 Å². The van der Waals surface area contributed by atoms with E-state index in [1.165, 1.54) is 6.92 Å². The summed E-state index contributed by atoms with van der Waals surface area (Å²) in [6.45, 7) is 6.05. The number of carbonyl (C=O) groups excluding carboxylic acids is 3. The first-order valence-corrected chi connectivity index (χ1v) is 11.4. The molecule has 11 nitrogen and oxygen atoms in total. The molecular formula is C21H42N6O5. The molecule has 0 rings (SSSR count). The average Bonchev–Trinajstić information content (AvgIpc) is 2.75. The minimum Gasteiger partial charge on any atom is -0.480 e. The van der Waals surface area contributed by atoms with Crippen molar-refractivity contribution in [2.45, 2.75) is 89.9 Å². The molecule has 32 heavy (non-hydrogen) atoms. The summed E-state index contributed by atoms with van der Waals surface area (Å²) < 4.78 is 0. The first-order valence-electron chi connectivity index (χ1n) is 11.4. The van der Waals surface area contributed by atoms with Gasteiger partial charge in [-0.2, -0.15) is 0 Å². The van der Waals surface area contributed by atoms with Crippen LogP contribution in [-0.2, 0) is 19.2 Å². The first-order chi connectivity index (χ1) is 15.1. The number of hydrogen-bond acceptors (Lipinski definition) is 7. The van der Waals surface area contributed by atoms with Crippen LogP contribution in [0.5, 0.6) is 0 Å². The largest absolute Gasteiger partial charge is 0.480 e. The van der Waals surface area contributed by atoms with E-state index in [0.717, 1.165) is 0 Å². The number of carbonyl (C=O) groups is 4. The van der Waals surface area contributed by atoms with E-state index in [-0.39, 0.29) is 12.3 Å². The fraction of sp³-hybridized carbons (Fsp3) is 0.810. The molecule has 0 aromatic rings. The Morgan fingerprint density at radius 2 is 1.28 bits per heavy atom. The van der Waals surface area contributed by atoms with Gasteiger partial charge < -0.3 is 38.3 Å². The lowest BCUT2D eigenvalue weighted by atomic mass is 9.96. The Morgan fingerprint density at radius 3 is 1.72 bits per heavy atom. The minimum atomic E-state index is -1.14. The van der Waals surface area contributed by atoms with Crippen LogP contribution in [0.25, 0.3) is 0 Å². The predicted molar refractivity (Wildman–Crippen MR) is 122 cm³/mol. The lowest BCUT2D eigenvalue weighted by Crippen LogP contribution is -2.58. The highest BCUT2D eigenvalue weighted by Gasteiger charge is 2.32. The van der Waals surface area contributed by atoms with Crippen molar-refractivity contribution in [3.05, 3.63) is 0 Å². The molecule has 0 fully saturated rings. The van der Waals surface area contributed by atoms with E-state index in [0.29, 0.717) is 51.6 Å². The molecule has 0 aromatic heterocycles. The Morgan fingerprint density at radius 1 is 0.781 bits per heavy atom. The van der Waals surface area contributed by atoms with Gasteiger partial charge in [0.1, 0.15) is 18.1 Å². The van der Waals surface area contributed by atoms with Gasteiger partial charge in [-0.05, 0) is 64.5 Å². The second-order valence-corrected chi connectivity index (χ2v) is 8.19. The van der Waals surface area contributed by atoms with Gasteiger partial charge in [-0.15, -0.1) is 0 Å². The van der Waals surface area contributed by atoms with Gasteiger partial charge in [0.15, 0.2) is 0 Å². The molecule has 0 bridgehead atoms. The van der Waals surface area contributed by atoms with Crippen molar-refractivity contribution in [2.24, 2.45) is 23.1 Å². The Hall–Kier alpha value is -2.24. The quantitative estimate of drug-likeness (QED) is 0.137. The monoisotopic (exact) mass is 458 g/mol. The summed E-state index contributed by atoms with van der Waals surface area (Å²) in [5, 5.41) is 17.3. The van der Waals surface area contributed by atoms with Crippen molar-refractivity contribution in [3.63, 3.8) is 0 Å². The third-order valence-corrected chi connectivity index (χ3v) is 5.35. The van der Waals surface area contributed by atoms with E-state index < -0.39 is 47.9 Å². The SMILES string of the molecule is CC[C@H](C)[C@H](NC(=O)[C@H](CCCCN)NC(=O)[C@H](C)N)C(=O)N[C@@H](CCCCN)C(=O)O. The number of unbranched alkanes of at least 4 members (excludes halogenated alkanes) is 2. The van der Waals surface area contributed by atoms with Gasteiger partial charge in [-0.3, -0.25) is 14.4 Å². The predicted octanol–water partition coefficient (Wildman–Crippen LogP) is -0.823. The summed E-state index contributed by atoms with van der Waals surface area (Å²) in [6.07, 6.45) is 3.65. The molecule has 0 aromatic carbocycles. The molecule has 3 amide bonds. The van der Waals surface area contributed by atoms with Crippen molar-refractivity contribution < 1.29 is 24.3 Å². The lowest BCUT2D eigenvalue weighted by Gasteiger charge is -2.28. The maximum atomic E-state index is 13.0. The molecule has 0 saturated carbocycles. The van der Waals surface area contributed by atoms with Gasteiger partial charge in [-0.25, -0.2) is 4.79 Å². The van der Waals surface area contributed by atoms with Gasteiger partial charge >= 0.3 is 5.97 Å².